The fourth-order valence-electron chi connectivity index (χ4n) is 0.321. The molecule has 0 saturated carbocycles. The van der Waals surface area contributed by atoms with Gasteiger partial charge in [0.25, 0.3) is 0 Å². The van der Waals surface area contributed by atoms with E-state index in [-0.39, 0.29) is 5.91 Å². The number of carbonyl (C=O) groups is 1. The third-order valence-corrected chi connectivity index (χ3v) is 0.899. The van der Waals surface area contributed by atoms with Crippen LogP contribution in [0.2, 0.25) is 0 Å². The molecule has 0 aliphatic rings. The minimum atomic E-state index is -0.0904. The van der Waals surface area contributed by atoms with E-state index >= 15 is 0 Å². The number of amides is 1. The summed E-state index contributed by atoms with van der Waals surface area (Å²) in [4.78, 5) is 14.2. The van der Waals surface area contributed by atoms with E-state index in [1.807, 2.05) is 0 Å². The first kappa shape index (κ1) is 8.08. The molecular formula is C7H11NO. The van der Waals surface area contributed by atoms with Crippen molar-refractivity contribution < 1.29 is 4.79 Å². The number of allylic oxidation sites excluding steroid dienone is 1. The molecule has 0 aliphatic heterocycles. The van der Waals surface area contributed by atoms with E-state index in [0.29, 0.717) is 12.1 Å². The van der Waals surface area contributed by atoms with Gasteiger partial charge in [0.2, 0.25) is 5.91 Å². The molecule has 0 fully saturated rings. The maximum Gasteiger partial charge on any atom is 0.245 e. The Morgan fingerprint density at radius 3 is 2.67 bits per heavy atom. The quantitative estimate of drug-likeness (QED) is 0.515. The molecule has 0 bridgehead atoms. The van der Waals surface area contributed by atoms with Gasteiger partial charge in [0.15, 0.2) is 0 Å². The van der Waals surface area contributed by atoms with Crippen molar-refractivity contribution >= 4 is 11.6 Å². The molecule has 0 radical (unpaired) electrons. The summed E-state index contributed by atoms with van der Waals surface area (Å²) in [5.41, 5.74) is 0.682. The lowest BCUT2D eigenvalue weighted by Gasteiger charge is -1.87. The molecule has 9 heavy (non-hydrogen) atoms. The zero-order valence-electron chi connectivity index (χ0n) is 5.85. The summed E-state index contributed by atoms with van der Waals surface area (Å²) in [6.07, 6.45) is 2.03. The second kappa shape index (κ2) is 4.01. The van der Waals surface area contributed by atoms with Crippen LogP contribution in [0.4, 0.5) is 0 Å². The lowest BCUT2D eigenvalue weighted by Crippen LogP contribution is -1.93. The third kappa shape index (κ3) is 3.64. The van der Waals surface area contributed by atoms with Crippen molar-refractivity contribution in [3.8, 4) is 0 Å². The van der Waals surface area contributed by atoms with Crippen molar-refractivity contribution in [2.45, 2.75) is 20.3 Å². The monoisotopic (exact) mass is 125 g/mol. The predicted molar refractivity (Wildman–Crippen MR) is 38.6 cm³/mol. The molecule has 0 spiro atoms. The van der Waals surface area contributed by atoms with Crippen molar-refractivity contribution in [2.24, 2.45) is 4.99 Å². The Labute approximate surface area is 55.3 Å². The average molecular weight is 125 g/mol. The van der Waals surface area contributed by atoms with Gasteiger partial charge in [-0.3, -0.25) is 4.79 Å². The van der Waals surface area contributed by atoms with Crippen molar-refractivity contribution in [3.05, 3.63) is 12.7 Å². The Bertz CT molecular complexity index is 147. The van der Waals surface area contributed by atoms with Gasteiger partial charge in [-0.15, -0.1) is 0 Å². The fourth-order valence-corrected chi connectivity index (χ4v) is 0.321. The molecule has 0 rings (SSSR count). The Hall–Kier alpha value is -0.920. The van der Waals surface area contributed by atoms with E-state index in [4.69, 9.17) is 0 Å². The van der Waals surface area contributed by atoms with Gasteiger partial charge >= 0.3 is 0 Å². The highest BCUT2D eigenvalue weighted by atomic mass is 16.1. The summed E-state index contributed by atoms with van der Waals surface area (Å²) in [6.45, 7) is 7.00. The van der Waals surface area contributed by atoms with Crippen LogP contribution in [0.3, 0.4) is 0 Å². The molecular weight excluding hydrogens is 114 g/mol. The highest BCUT2D eigenvalue weighted by Crippen LogP contribution is 1.84. The number of hydrogen-bond donors (Lipinski definition) is 0. The highest BCUT2D eigenvalue weighted by molar-refractivity contribution is 6.00. The molecule has 50 valence electrons. The summed E-state index contributed by atoms with van der Waals surface area (Å²) in [6, 6.07) is 0. The molecule has 0 heterocycles. The van der Waals surface area contributed by atoms with Crippen LogP contribution in [0.1, 0.15) is 20.3 Å². The SMILES string of the molecule is C=CC(C)=NC(=O)CC. The van der Waals surface area contributed by atoms with Crippen LogP contribution in [0.5, 0.6) is 0 Å². The Balaban J connectivity index is 3.94. The van der Waals surface area contributed by atoms with E-state index in [9.17, 15) is 4.79 Å². The van der Waals surface area contributed by atoms with Crippen LogP contribution in [0, 0.1) is 0 Å². The number of rotatable bonds is 2. The molecule has 0 N–H and O–H groups in total. The lowest BCUT2D eigenvalue weighted by molar-refractivity contribution is -0.117. The lowest BCUT2D eigenvalue weighted by atomic mass is 10.4. The van der Waals surface area contributed by atoms with E-state index in [1.54, 1.807) is 19.9 Å². The summed E-state index contributed by atoms with van der Waals surface area (Å²) < 4.78 is 0. The Kier molecular flexibility index (Phi) is 3.60. The zero-order valence-corrected chi connectivity index (χ0v) is 5.85. The number of aliphatic imine (C=N–C) groups is 1. The Morgan fingerprint density at radius 1 is 1.78 bits per heavy atom. The fraction of sp³-hybridized carbons (Fsp3) is 0.429. The third-order valence-electron chi connectivity index (χ3n) is 0.899. The second-order valence-electron chi connectivity index (χ2n) is 1.70. The van der Waals surface area contributed by atoms with E-state index in [2.05, 4.69) is 11.6 Å². The first-order chi connectivity index (χ1) is 4.20. The summed E-state index contributed by atoms with van der Waals surface area (Å²) in [7, 11) is 0. The molecule has 1 amide bonds. The maximum absolute atomic E-state index is 10.5. The van der Waals surface area contributed by atoms with Crippen LogP contribution in [-0.2, 0) is 4.79 Å². The highest BCUT2D eigenvalue weighted by Gasteiger charge is 1.90. The van der Waals surface area contributed by atoms with Gasteiger partial charge in [0.05, 0.1) is 0 Å². The minimum Gasteiger partial charge on any atom is -0.273 e. The van der Waals surface area contributed by atoms with E-state index < -0.39 is 0 Å². The molecule has 0 atom stereocenters. The molecule has 0 saturated heterocycles. The van der Waals surface area contributed by atoms with Gasteiger partial charge in [0, 0.05) is 12.1 Å². The van der Waals surface area contributed by atoms with Gasteiger partial charge in [0.1, 0.15) is 0 Å². The molecule has 0 aromatic rings. The smallest absolute Gasteiger partial charge is 0.245 e. The standard InChI is InChI=1S/C7H11NO/c1-4-6(3)8-7(9)5-2/h4H,1,5H2,2-3H3. The first-order valence-electron chi connectivity index (χ1n) is 2.91. The molecule has 0 unspecified atom stereocenters. The number of carbonyl (C=O) groups excluding carboxylic acids is 1. The largest absolute Gasteiger partial charge is 0.273 e. The molecule has 0 aromatic heterocycles. The van der Waals surface area contributed by atoms with Gasteiger partial charge in [-0.2, -0.15) is 0 Å². The minimum absolute atomic E-state index is 0.0904. The van der Waals surface area contributed by atoms with Crippen molar-refractivity contribution in [1.29, 1.82) is 0 Å². The molecule has 0 aliphatic carbocycles. The average Bonchev–Trinajstić information content (AvgIpc) is 1.87. The summed E-state index contributed by atoms with van der Waals surface area (Å²) >= 11 is 0. The zero-order chi connectivity index (χ0) is 7.28. The summed E-state index contributed by atoms with van der Waals surface area (Å²) in [5.74, 6) is -0.0904. The first-order valence-corrected chi connectivity index (χ1v) is 2.91. The van der Waals surface area contributed by atoms with Gasteiger partial charge in [-0.1, -0.05) is 13.5 Å². The number of nitrogens with zero attached hydrogens (tertiary/aromatic N) is 1. The molecule has 2 nitrogen and oxygen atoms in total. The molecule has 0 aromatic carbocycles. The maximum atomic E-state index is 10.5. The van der Waals surface area contributed by atoms with Crippen molar-refractivity contribution in [3.63, 3.8) is 0 Å². The van der Waals surface area contributed by atoms with Crippen LogP contribution in [-0.4, -0.2) is 11.6 Å². The van der Waals surface area contributed by atoms with Crippen LogP contribution in [0.25, 0.3) is 0 Å². The topological polar surface area (TPSA) is 29.4 Å². The molecule has 2 heteroatoms. The van der Waals surface area contributed by atoms with Gasteiger partial charge in [-0.05, 0) is 13.0 Å². The van der Waals surface area contributed by atoms with Gasteiger partial charge < -0.3 is 0 Å². The van der Waals surface area contributed by atoms with E-state index in [0.717, 1.165) is 0 Å². The second-order valence-corrected chi connectivity index (χ2v) is 1.70. The van der Waals surface area contributed by atoms with Crippen LogP contribution >= 0.6 is 0 Å². The predicted octanol–water partition coefficient (Wildman–Crippen LogP) is 1.57. The summed E-state index contributed by atoms with van der Waals surface area (Å²) in [5, 5.41) is 0. The van der Waals surface area contributed by atoms with Crippen LogP contribution in [0.15, 0.2) is 17.6 Å². The van der Waals surface area contributed by atoms with Crippen LogP contribution < -0.4 is 0 Å². The van der Waals surface area contributed by atoms with Crippen molar-refractivity contribution in [2.75, 3.05) is 0 Å². The normalized spacial score (nSPS) is 11.1. The number of hydrogen-bond acceptors (Lipinski definition) is 1. The van der Waals surface area contributed by atoms with Gasteiger partial charge in [-0.25, -0.2) is 4.99 Å². The van der Waals surface area contributed by atoms with Crippen molar-refractivity contribution in [1.82, 2.24) is 0 Å². The van der Waals surface area contributed by atoms with E-state index in [1.165, 1.54) is 0 Å². The Morgan fingerprint density at radius 2 is 2.33 bits per heavy atom.